The number of hydrogen-bond acceptors (Lipinski definition) is 2. The summed E-state index contributed by atoms with van der Waals surface area (Å²) in [6.07, 6.45) is 10.6. The Morgan fingerprint density at radius 1 is 1.75 bits per heavy atom. The first-order valence-electron chi connectivity index (χ1n) is 3.95. The van der Waals surface area contributed by atoms with Gasteiger partial charge in [0, 0.05) is 25.0 Å². The number of hydrogen-bond donors (Lipinski definition) is 1. The van der Waals surface area contributed by atoms with E-state index >= 15 is 0 Å². The van der Waals surface area contributed by atoms with Crippen LogP contribution in [-0.4, -0.2) is 22.1 Å². The Bertz CT molecular complexity index is 245. The van der Waals surface area contributed by atoms with E-state index in [0.717, 1.165) is 6.54 Å². The van der Waals surface area contributed by atoms with Gasteiger partial charge in [0.25, 0.3) is 0 Å². The summed E-state index contributed by atoms with van der Waals surface area (Å²) in [6, 6.07) is 0.384. The maximum Gasteiger partial charge on any atom is 0.0946 e. The number of aromatic nitrogens is 2. The molecule has 64 valence electrons. The van der Waals surface area contributed by atoms with E-state index in [1.807, 2.05) is 10.8 Å². The van der Waals surface area contributed by atoms with Gasteiger partial charge in [-0.05, 0) is 6.92 Å². The lowest BCUT2D eigenvalue weighted by Crippen LogP contribution is -2.30. The predicted octanol–water partition coefficient (Wildman–Crippen LogP) is 0.494. The van der Waals surface area contributed by atoms with Crippen molar-refractivity contribution in [1.82, 2.24) is 14.9 Å². The Morgan fingerprint density at radius 3 is 3.17 bits per heavy atom. The molecule has 1 atom stereocenters. The molecule has 0 amide bonds. The fraction of sp³-hybridized carbons (Fsp3) is 0.444. The summed E-state index contributed by atoms with van der Waals surface area (Å²) < 4.78 is 2.02. The summed E-state index contributed by atoms with van der Waals surface area (Å²) in [5.41, 5.74) is 0. The van der Waals surface area contributed by atoms with Crippen LogP contribution in [0, 0.1) is 12.3 Å². The third-order valence-electron chi connectivity index (χ3n) is 1.60. The summed E-state index contributed by atoms with van der Waals surface area (Å²) in [5.74, 6) is 2.54. The predicted molar refractivity (Wildman–Crippen MR) is 48.5 cm³/mol. The van der Waals surface area contributed by atoms with E-state index in [1.54, 1.807) is 12.5 Å². The molecule has 0 radical (unpaired) electrons. The topological polar surface area (TPSA) is 29.9 Å². The van der Waals surface area contributed by atoms with Crippen molar-refractivity contribution >= 4 is 0 Å². The van der Waals surface area contributed by atoms with Crippen LogP contribution in [0.25, 0.3) is 0 Å². The van der Waals surface area contributed by atoms with Gasteiger partial charge in [-0.15, -0.1) is 6.42 Å². The molecule has 3 nitrogen and oxygen atoms in total. The molecule has 0 spiro atoms. The van der Waals surface area contributed by atoms with Crippen LogP contribution in [-0.2, 0) is 6.54 Å². The van der Waals surface area contributed by atoms with E-state index < -0.39 is 0 Å². The molecule has 1 heterocycles. The van der Waals surface area contributed by atoms with E-state index in [1.165, 1.54) is 0 Å². The summed E-state index contributed by atoms with van der Waals surface area (Å²) in [6.45, 7) is 3.62. The first kappa shape index (κ1) is 8.82. The first-order valence-corrected chi connectivity index (χ1v) is 3.95. The maximum absolute atomic E-state index is 5.12. The highest BCUT2D eigenvalue weighted by atomic mass is 15.1. The molecule has 0 aromatic carbocycles. The van der Waals surface area contributed by atoms with E-state index in [9.17, 15) is 0 Å². The molecule has 3 heteroatoms. The molecular weight excluding hydrogens is 150 g/mol. The maximum atomic E-state index is 5.12. The number of terminal acetylenes is 1. The van der Waals surface area contributed by atoms with Gasteiger partial charge in [0.1, 0.15) is 0 Å². The second kappa shape index (κ2) is 4.58. The Labute approximate surface area is 72.8 Å². The minimum absolute atomic E-state index is 0.384. The molecule has 0 bridgehead atoms. The normalized spacial score (nSPS) is 12.3. The van der Waals surface area contributed by atoms with E-state index in [0.29, 0.717) is 12.6 Å². The van der Waals surface area contributed by atoms with Gasteiger partial charge in [-0.1, -0.05) is 5.92 Å². The highest BCUT2D eigenvalue weighted by molar-refractivity contribution is 4.88. The van der Waals surface area contributed by atoms with Crippen molar-refractivity contribution in [2.45, 2.75) is 19.5 Å². The molecule has 0 saturated heterocycles. The molecule has 1 aromatic rings. The smallest absolute Gasteiger partial charge is 0.0946 e. The van der Waals surface area contributed by atoms with Gasteiger partial charge in [-0.2, -0.15) is 0 Å². The average Bonchev–Trinajstić information content (AvgIpc) is 2.53. The fourth-order valence-electron chi connectivity index (χ4n) is 1.01. The first-order chi connectivity index (χ1) is 5.83. The van der Waals surface area contributed by atoms with Crippen molar-refractivity contribution in [3.63, 3.8) is 0 Å². The summed E-state index contributed by atoms with van der Waals surface area (Å²) in [4.78, 5) is 3.95. The Balaban J connectivity index is 2.28. The molecule has 0 fully saturated rings. The standard InChI is InChI=1S/C9H13N3/c1-3-4-11-9(2)7-12-6-5-10-8-12/h1,5-6,8-9,11H,4,7H2,2H3. The molecule has 0 aliphatic carbocycles. The summed E-state index contributed by atoms with van der Waals surface area (Å²) in [5, 5.41) is 3.19. The van der Waals surface area contributed by atoms with Crippen molar-refractivity contribution in [1.29, 1.82) is 0 Å². The van der Waals surface area contributed by atoms with Crippen LogP contribution < -0.4 is 5.32 Å². The van der Waals surface area contributed by atoms with E-state index in [-0.39, 0.29) is 0 Å². The molecule has 1 unspecified atom stereocenters. The quantitative estimate of drug-likeness (QED) is 0.655. The third-order valence-corrected chi connectivity index (χ3v) is 1.60. The van der Waals surface area contributed by atoms with E-state index in [2.05, 4.69) is 23.1 Å². The second-order valence-corrected chi connectivity index (χ2v) is 2.75. The molecule has 0 aliphatic rings. The highest BCUT2D eigenvalue weighted by Crippen LogP contribution is 1.90. The zero-order chi connectivity index (χ0) is 8.81. The Kier molecular flexibility index (Phi) is 3.36. The largest absolute Gasteiger partial charge is 0.336 e. The van der Waals surface area contributed by atoms with Crippen LogP contribution in [0.3, 0.4) is 0 Å². The van der Waals surface area contributed by atoms with Crippen molar-refractivity contribution in [2.24, 2.45) is 0 Å². The van der Waals surface area contributed by atoms with Gasteiger partial charge in [0.15, 0.2) is 0 Å². The highest BCUT2D eigenvalue weighted by Gasteiger charge is 1.99. The summed E-state index contributed by atoms with van der Waals surface area (Å²) >= 11 is 0. The van der Waals surface area contributed by atoms with Gasteiger partial charge in [-0.25, -0.2) is 4.98 Å². The van der Waals surface area contributed by atoms with Crippen LogP contribution in [0.15, 0.2) is 18.7 Å². The van der Waals surface area contributed by atoms with Gasteiger partial charge in [-0.3, -0.25) is 0 Å². The minimum Gasteiger partial charge on any atom is -0.336 e. The Morgan fingerprint density at radius 2 is 2.58 bits per heavy atom. The lowest BCUT2D eigenvalue weighted by Gasteiger charge is -2.11. The van der Waals surface area contributed by atoms with Gasteiger partial charge < -0.3 is 9.88 Å². The van der Waals surface area contributed by atoms with E-state index in [4.69, 9.17) is 6.42 Å². The zero-order valence-electron chi connectivity index (χ0n) is 7.20. The van der Waals surface area contributed by atoms with Crippen molar-refractivity contribution < 1.29 is 0 Å². The Hall–Kier alpha value is -1.27. The van der Waals surface area contributed by atoms with Crippen LogP contribution in [0.4, 0.5) is 0 Å². The van der Waals surface area contributed by atoms with Crippen molar-refractivity contribution in [2.75, 3.05) is 6.54 Å². The average molecular weight is 163 g/mol. The molecule has 0 aliphatic heterocycles. The van der Waals surface area contributed by atoms with Crippen molar-refractivity contribution in [3.8, 4) is 12.3 Å². The number of nitrogens with zero attached hydrogens (tertiary/aromatic N) is 2. The number of nitrogens with one attached hydrogen (secondary N) is 1. The summed E-state index contributed by atoms with van der Waals surface area (Å²) in [7, 11) is 0. The van der Waals surface area contributed by atoms with Gasteiger partial charge >= 0.3 is 0 Å². The molecule has 12 heavy (non-hydrogen) atoms. The number of imidazole rings is 1. The minimum atomic E-state index is 0.384. The molecule has 1 aromatic heterocycles. The fourth-order valence-corrected chi connectivity index (χ4v) is 1.01. The molecular formula is C9H13N3. The monoisotopic (exact) mass is 163 g/mol. The third kappa shape index (κ3) is 2.77. The van der Waals surface area contributed by atoms with Crippen LogP contribution >= 0.6 is 0 Å². The van der Waals surface area contributed by atoms with Crippen LogP contribution in [0.1, 0.15) is 6.92 Å². The molecule has 1 rings (SSSR count). The lowest BCUT2D eigenvalue weighted by atomic mass is 10.3. The second-order valence-electron chi connectivity index (χ2n) is 2.75. The SMILES string of the molecule is C#CCNC(C)Cn1ccnc1. The van der Waals surface area contributed by atoms with Gasteiger partial charge in [0.05, 0.1) is 12.9 Å². The molecule has 1 N–H and O–H groups in total. The van der Waals surface area contributed by atoms with Crippen LogP contribution in [0.5, 0.6) is 0 Å². The zero-order valence-corrected chi connectivity index (χ0v) is 7.20. The number of rotatable bonds is 4. The van der Waals surface area contributed by atoms with Crippen molar-refractivity contribution in [3.05, 3.63) is 18.7 Å². The lowest BCUT2D eigenvalue weighted by molar-refractivity contribution is 0.501. The van der Waals surface area contributed by atoms with Crippen LogP contribution in [0.2, 0.25) is 0 Å². The van der Waals surface area contributed by atoms with Gasteiger partial charge in [0.2, 0.25) is 0 Å². The molecule has 0 saturated carbocycles.